The Kier molecular flexibility index (Phi) is 6.90. The van der Waals surface area contributed by atoms with Gasteiger partial charge in [0.2, 0.25) is 0 Å². The van der Waals surface area contributed by atoms with Gasteiger partial charge in [-0.25, -0.2) is 4.99 Å². The Labute approximate surface area is 160 Å². The van der Waals surface area contributed by atoms with Crippen LogP contribution in [0.15, 0.2) is 29.5 Å². The summed E-state index contributed by atoms with van der Waals surface area (Å²) in [6, 6.07) is 6.01. The molecule has 2 N–H and O–H groups in total. The highest BCUT2D eigenvalue weighted by Gasteiger charge is 2.10. The summed E-state index contributed by atoms with van der Waals surface area (Å²) in [5, 5.41) is 14.7. The number of aryl methyl sites for hydroxylation is 1. The molecule has 1 aliphatic rings. The van der Waals surface area contributed by atoms with Crippen LogP contribution in [0.5, 0.6) is 11.5 Å². The number of ether oxygens (including phenoxy) is 2. The summed E-state index contributed by atoms with van der Waals surface area (Å²) >= 11 is 0. The molecule has 27 heavy (non-hydrogen) atoms. The van der Waals surface area contributed by atoms with Gasteiger partial charge >= 0.3 is 0 Å². The van der Waals surface area contributed by atoms with E-state index in [1.807, 2.05) is 18.2 Å². The van der Waals surface area contributed by atoms with Crippen LogP contribution in [0.4, 0.5) is 0 Å². The molecule has 0 spiro atoms. The van der Waals surface area contributed by atoms with Gasteiger partial charge in [0.1, 0.15) is 12.2 Å². The number of nitrogens with zero attached hydrogens (tertiary/aromatic N) is 4. The molecule has 0 bridgehead atoms. The van der Waals surface area contributed by atoms with Crippen molar-refractivity contribution in [1.82, 2.24) is 25.4 Å². The summed E-state index contributed by atoms with van der Waals surface area (Å²) in [6.45, 7) is 8.44. The Balaban J connectivity index is 1.57. The topological polar surface area (TPSA) is 85.6 Å². The van der Waals surface area contributed by atoms with Gasteiger partial charge in [-0.3, -0.25) is 0 Å². The molecule has 2 aromatic rings. The van der Waals surface area contributed by atoms with E-state index in [1.54, 1.807) is 6.33 Å². The maximum atomic E-state index is 5.75. The van der Waals surface area contributed by atoms with E-state index in [1.165, 1.54) is 0 Å². The number of rotatable bonds is 7. The Morgan fingerprint density at radius 1 is 1.19 bits per heavy atom. The van der Waals surface area contributed by atoms with E-state index in [9.17, 15) is 0 Å². The fourth-order valence-electron chi connectivity index (χ4n) is 2.85. The first-order valence-electron chi connectivity index (χ1n) is 9.57. The summed E-state index contributed by atoms with van der Waals surface area (Å²) in [7, 11) is 0. The molecule has 8 heteroatoms. The van der Waals surface area contributed by atoms with E-state index >= 15 is 0 Å². The monoisotopic (exact) mass is 372 g/mol. The Hall–Kier alpha value is -2.77. The molecule has 0 amide bonds. The smallest absolute Gasteiger partial charge is 0.191 e. The molecule has 0 radical (unpaired) electrons. The number of guanidine groups is 1. The molecule has 0 atom stereocenters. The van der Waals surface area contributed by atoms with E-state index in [-0.39, 0.29) is 0 Å². The van der Waals surface area contributed by atoms with E-state index in [4.69, 9.17) is 9.47 Å². The third-order valence-corrected chi connectivity index (χ3v) is 4.23. The van der Waals surface area contributed by atoms with Crippen molar-refractivity contribution >= 4 is 5.96 Å². The van der Waals surface area contributed by atoms with Gasteiger partial charge in [-0.2, -0.15) is 0 Å². The first-order chi connectivity index (χ1) is 13.3. The van der Waals surface area contributed by atoms with Crippen LogP contribution in [0, 0.1) is 0 Å². The fourth-order valence-corrected chi connectivity index (χ4v) is 2.85. The van der Waals surface area contributed by atoms with Crippen LogP contribution in [0.3, 0.4) is 0 Å². The Morgan fingerprint density at radius 3 is 2.85 bits per heavy atom. The van der Waals surface area contributed by atoms with Crippen molar-refractivity contribution < 1.29 is 9.47 Å². The van der Waals surface area contributed by atoms with Crippen LogP contribution < -0.4 is 20.1 Å². The molecule has 0 saturated heterocycles. The third kappa shape index (κ3) is 5.35. The number of benzene rings is 1. The molecule has 0 fully saturated rings. The number of fused-ring (bicyclic) bond motifs is 1. The van der Waals surface area contributed by atoms with Crippen LogP contribution in [-0.4, -0.2) is 47.0 Å². The lowest BCUT2D eigenvalue weighted by Crippen LogP contribution is -2.38. The molecule has 1 aromatic carbocycles. The minimum absolute atomic E-state index is 0.568. The summed E-state index contributed by atoms with van der Waals surface area (Å²) in [5.41, 5.74) is 1.09. The Morgan fingerprint density at radius 2 is 2.04 bits per heavy atom. The molecule has 0 unspecified atom stereocenters. The summed E-state index contributed by atoms with van der Waals surface area (Å²) in [6.07, 6.45) is 3.55. The highest BCUT2D eigenvalue weighted by atomic mass is 16.5. The van der Waals surface area contributed by atoms with Gasteiger partial charge in [-0.15, -0.1) is 10.2 Å². The van der Waals surface area contributed by atoms with Crippen LogP contribution in [0.2, 0.25) is 0 Å². The second kappa shape index (κ2) is 9.80. The lowest BCUT2D eigenvalue weighted by atomic mass is 10.2. The van der Waals surface area contributed by atoms with Crippen molar-refractivity contribution in [1.29, 1.82) is 0 Å². The average Bonchev–Trinajstić information content (AvgIpc) is 3.01. The second-order valence-electron chi connectivity index (χ2n) is 6.25. The normalized spacial score (nSPS) is 13.9. The summed E-state index contributed by atoms with van der Waals surface area (Å²) in [5.74, 6) is 3.39. The van der Waals surface area contributed by atoms with Crippen molar-refractivity contribution in [3.8, 4) is 11.5 Å². The molecule has 1 aromatic heterocycles. The zero-order valence-electron chi connectivity index (χ0n) is 16.1. The van der Waals surface area contributed by atoms with Crippen molar-refractivity contribution in [2.75, 3.05) is 26.3 Å². The van der Waals surface area contributed by atoms with Crippen LogP contribution in [0.1, 0.15) is 31.7 Å². The van der Waals surface area contributed by atoms with E-state index in [0.29, 0.717) is 19.8 Å². The average molecular weight is 372 g/mol. The number of hydrogen-bond acceptors (Lipinski definition) is 5. The maximum absolute atomic E-state index is 5.75. The molecule has 0 saturated carbocycles. The second-order valence-corrected chi connectivity index (χ2v) is 6.25. The van der Waals surface area contributed by atoms with Crippen molar-refractivity contribution in [3.05, 3.63) is 35.9 Å². The molecular formula is C19H28N6O2. The van der Waals surface area contributed by atoms with Gasteiger partial charge in [0.05, 0.1) is 19.8 Å². The highest BCUT2D eigenvalue weighted by molar-refractivity contribution is 5.79. The van der Waals surface area contributed by atoms with Gasteiger partial charge in [-0.1, -0.05) is 13.0 Å². The first-order valence-corrected chi connectivity index (χ1v) is 9.57. The van der Waals surface area contributed by atoms with Gasteiger partial charge in [0.15, 0.2) is 17.5 Å². The number of hydrogen-bond donors (Lipinski definition) is 2. The predicted molar refractivity (Wildman–Crippen MR) is 104 cm³/mol. The standard InChI is InChI=1S/C19H28N6O2/c1-3-18-24-23-14-25(18)9-8-21-19(20-4-2)22-13-15-6-7-16-17(12-15)27-11-5-10-26-16/h6-7,12,14H,3-5,8-11,13H2,1-2H3,(H2,20,21,22). The molecule has 8 nitrogen and oxygen atoms in total. The van der Waals surface area contributed by atoms with Gasteiger partial charge < -0.3 is 24.7 Å². The van der Waals surface area contributed by atoms with E-state index in [0.717, 1.165) is 61.3 Å². The van der Waals surface area contributed by atoms with Gasteiger partial charge in [-0.05, 0) is 24.6 Å². The number of nitrogens with one attached hydrogen (secondary N) is 2. The highest BCUT2D eigenvalue weighted by Crippen LogP contribution is 2.30. The van der Waals surface area contributed by atoms with Crippen LogP contribution >= 0.6 is 0 Å². The van der Waals surface area contributed by atoms with Crippen molar-refractivity contribution in [2.45, 2.75) is 39.8 Å². The third-order valence-electron chi connectivity index (χ3n) is 4.23. The Bertz CT molecular complexity index is 758. The zero-order chi connectivity index (χ0) is 18.9. The van der Waals surface area contributed by atoms with Crippen molar-refractivity contribution in [2.24, 2.45) is 4.99 Å². The molecule has 2 heterocycles. The van der Waals surface area contributed by atoms with Gasteiger partial charge in [0.25, 0.3) is 0 Å². The summed E-state index contributed by atoms with van der Waals surface area (Å²) < 4.78 is 13.5. The maximum Gasteiger partial charge on any atom is 0.191 e. The SMILES string of the molecule is CCNC(=NCc1ccc2c(c1)OCCCO2)NCCn1cnnc1CC. The molecular weight excluding hydrogens is 344 g/mol. The molecule has 3 rings (SSSR count). The quantitative estimate of drug-likeness (QED) is 0.569. The lowest BCUT2D eigenvalue weighted by molar-refractivity contribution is 0.297. The minimum atomic E-state index is 0.568. The van der Waals surface area contributed by atoms with Gasteiger partial charge in [0, 0.05) is 32.5 Å². The molecule has 1 aliphatic heterocycles. The number of aromatic nitrogens is 3. The van der Waals surface area contributed by atoms with E-state index in [2.05, 4.69) is 44.2 Å². The lowest BCUT2D eigenvalue weighted by Gasteiger charge is -2.13. The largest absolute Gasteiger partial charge is 0.490 e. The zero-order valence-corrected chi connectivity index (χ0v) is 16.1. The van der Waals surface area contributed by atoms with Crippen LogP contribution in [0.25, 0.3) is 0 Å². The van der Waals surface area contributed by atoms with Crippen molar-refractivity contribution in [3.63, 3.8) is 0 Å². The fraction of sp³-hybridized carbons (Fsp3) is 0.526. The van der Waals surface area contributed by atoms with Crippen LogP contribution in [-0.2, 0) is 19.5 Å². The molecule has 146 valence electrons. The molecule has 0 aliphatic carbocycles. The summed E-state index contributed by atoms with van der Waals surface area (Å²) in [4.78, 5) is 4.68. The number of aliphatic imine (C=N–C) groups is 1. The van der Waals surface area contributed by atoms with E-state index < -0.39 is 0 Å². The minimum Gasteiger partial charge on any atom is -0.490 e. The predicted octanol–water partition coefficient (Wildman–Crippen LogP) is 1.76. The first kappa shape index (κ1) is 19.0.